The zero-order valence-electron chi connectivity index (χ0n) is 13.4. The Kier molecular flexibility index (Phi) is 5.15. The van der Waals surface area contributed by atoms with E-state index in [-0.39, 0.29) is 0 Å². The molecule has 0 aliphatic carbocycles. The molecule has 0 N–H and O–H groups in total. The molecule has 0 aromatic heterocycles. The molecule has 2 nitrogen and oxygen atoms in total. The molecule has 110 valence electrons. The molecule has 2 heteroatoms. The molecule has 2 aromatic carbocycles. The standard InChI is InChI=1S/C19H25N2/c1-16(2)20(17(3)4)15-21(18-11-7-5-8-12-18)19-13-9-6-10-14-19/h5-17H,1-4H3/q+1. The predicted molar refractivity (Wildman–Crippen MR) is 91.6 cm³/mol. The van der Waals surface area contributed by atoms with E-state index in [1.165, 1.54) is 11.4 Å². The summed E-state index contributed by atoms with van der Waals surface area (Å²) in [6.07, 6.45) is 2.22. The third kappa shape index (κ3) is 3.94. The quantitative estimate of drug-likeness (QED) is 0.438. The third-order valence-corrected chi connectivity index (χ3v) is 3.51. The Morgan fingerprint density at radius 1 is 0.714 bits per heavy atom. The van der Waals surface area contributed by atoms with Crippen LogP contribution in [0.15, 0.2) is 60.7 Å². The Morgan fingerprint density at radius 2 is 1.10 bits per heavy atom. The summed E-state index contributed by atoms with van der Waals surface area (Å²) in [5.74, 6) is 0. The fraction of sp³-hybridized carbons (Fsp3) is 0.316. The lowest BCUT2D eigenvalue weighted by Crippen LogP contribution is -2.33. The maximum absolute atomic E-state index is 2.38. The van der Waals surface area contributed by atoms with Gasteiger partial charge in [0.2, 0.25) is 6.34 Å². The fourth-order valence-electron chi connectivity index (χ4n) is 2.46. The van der Waals surface area contributed by atoms with Crippen LogP contribution in [-0.2, 0) is 0 Å². The van der Waals surface area contributed by atoms with Crippen molar-refractivity contribution in [1.29, 1.82) is 0 Å². The van der Waals surface area contributed by atoms with Gasteiger partial charge in [0.15, 0.2) is 0 Å². The van der Waals surface area contributed by atoms with Gasteiger partial charge < -0.3 is 0 Å². The first-order valence-electron chi connectivity index (χ1n) is 7.61. The van der Waals surface area contributed by atoms with Crippen molar-refractivity contribution < 1.29 is 4.58 Å². The first-order valence-corrected chi connectivity index (χ1v) is 7.61. The maximum Gasteiger partial charge on any atom is 0.244 e. The molecule has 0 saturated heterocycles. The molecule has 0 spiro atoms. The second-order valence-electron chi connectivity index (χ2n) is 5.79. The molecule has 0 radical (unpaired) electrons. The first-order chi connectivity index (χ1) is 10.1. The van der Waals surface area contributed by atoms with Gasteiger partial charge in [-0.3, -0.25) is 4.58 Å². The van der Waals surface area contributed by atoms with Crippen LogP contribution in [0.2, 0.25) is 0 Å². The molecular formula is C19H25N2+. The Balaban J connectivity index is 2.49. The van der Waals surface area contributed by atoms with E-state index in [4.69, 9.17) is 0 Å². The van der Waals surface area contributed by atoms with Crippen LogP contribution in [0.4, 0.5) is 11.4 Å². The van der Waals surface area contributed by atoms with Crippen molar-refractivity contribution in [2.24, 2.45) is 0 Å². The molecule has 0 saturated carbocycles. The summed E-state index contributed by atoms with van der Waals surface area (Å²) in [4.78, 5) is 2.25. The van der Waals surface area contributed by atoms with Crippen LogP contribution in [0.5, 0.6) is 0 Å². The summed E-state index contributed by atoms with van der Waals surface area (Å²) in [6, 6.07) is 21.9. The average Bonchev–Trinajstić information content (AvgIpc) is 2.49. The summed E-state index contributed by atoms with van der Waals surface area (Å²) in [5.41, 5.74) is 2.35. The Hall–Kier alpha value is -2.09. The van der Waals surface area contributed by atoms with Crippen molar-refractivity contribution in [3.63, 3.8) is 0 Å². The van der Waals surface area contributed by atoms with Gasteiger partial charge in [0.05, 0.1) is 12.1 Å². The van der Waals surface area contributed by atoms with Crippen molar-refractivity contribution in [2.75, 3.05) is 4.90 Å². The van der Waals surface area contributed by atoms with E-state index < -0.39 is 0 Å². The van der Waals surface area contributed by atoms with Crippen LogP contribution in [0, 0.1) is 0 Å². The minimum atomic E-state index is 0.458. The van der Waals surface area contributed by atoms with E-state index in [1.54, 1.807) is 0 Å². The highest BCUT2D eigenvalue weighted by atomic mass is 15.2. The second-order valence-corrected chi connectivity index (χ2v) is 5.79. The molecule has 0 heterocycles. The van der Waals surface area contributed by atoms with Crippen LogP contribution in [0.1, 0.15) is 27.7 Å². The van der Waals surface area contributed by atoms with Gasteiger partial charge in [0.25, 0.3) is 0 Å². The minimum Gasteiger partial charge on any atom is -0.263 e. The molecule has 0 aliphatic heterocycles. The number of rotatable bonds is 5. The van der Waals surface area contributed by atoms with Gasteiger partial charge >= 0.3 is 0 Å². The normalized spacial score (nSPS) is 10.8. The van der Waals surface area contributed by atoms with Gasteiger partial charge in [-0.2, -0.15) is 4.90 Å². The van der Waals surface area contributed by atoms with Crippen molar-refractivity contribution in [1.82, 2.24) is 0 Å². The SMILES string of the molecule is CC(C)[N+](=CN(c1ccccc1)c1ccccc1)C(C)C. The van der Waals surface area contributed by atoms with Gasteiger partial charge in [-0.15, -0.1) is 0 Å². The number of para-hydroxylation sites is 2. The molecule has 0 amide bonds. The van der Waals surface area contributed by atoms with Gasteiger partial charge in [-0.25, -0.2) is 0 Å². The zero-order chi connectivity index (χ0) is 15.2. The number of benzene rings is 2. The van der Waals surface area contributed by atoms with Gasteiger partial charge in [-0.1, -0.05) is 36.4 Å². The highest BCUT2D eigenvalue weighted by molar-refractivity contribution is 5.86. The molecule has 2 aromatic rings. The number of hydrogen-bond acceptors (Lipinski definition) is 0. The average molecular weight is 281 g/mol. The lowest BCUT2D eigenvalue weighted by molar-refractivity contribution is -0.584. The number of nitrogens with zero attached hydrogens (tertiary/aromatic N) is 2. The van der Waals surface area contributed by atoms with E-state index in [2.05, 4.69) is 104 Å². The van der Waals surface area contributed by atoms with Crippen molar-refractivity contribution >= 4 is 17.7 Å². The maximum atomic E-state index is 2.38. The third-order valence-electron chi connectivity index (χ3n) is 3.51. The molecule has 0 atom stereocenters. The zero-order valence-corrected chi connectivity index (χ0v) is 13.4. The van der Waals surface area contributed by atoms with Crippen molar-refractivity contribution in [3.05, 3.63) is 60.7 Å². The van der Waals surface area contributed by atoms with Crippen molar-refractivity contribution in [2.45, 2.75) is 39.8 Å². The van der Waals surface area contributed by atoms with E-state index in [0.717, 1.165) is 0 Å². The van der Waals surface area contributed by atoms with E-state index in [0.29, 0.717) is 12.1 Å². The first kappa shape index (κ1) is 15.3. The van der Waals surface area contributed by atoms with Crippen LogP contribution in [0.25, 0.3) is 0 Å². The molecule has 21 heavy (non-hydrogen) atoms. The van der Waals surface area contributed by atoms with Gasteiger partial charge in [0, 0.05) is 0 Å². The molecule has 2 rings (SSSR count). The second kappa shape index (κ2) is 7.07. The highest BCUT2D eigenvalue weighted by Gasteiger charge is 2.18. The topological polar surface area (TPSA) is 6.25 Å². The summed E-state index contributed by atoms with van der Waals surface area (Å²) < 4.78 is 2.38. The Bertz CT molecular complexity index is 522. The van der Waals surface area contributed by atoms with E-state index in [1.807, 2.05) is 0 Å². The Labute approximate surface area is 128 Å². The summed E-state index contributed by atoms with van der Waals surface area (Å²) in [5, 5.41) is 0. The number of hydrogen-bond donors (Lipinski definition) is 0. The Morgan fingerprint density at radius 3 is 1.43 bits per heavy atom. The van der Waals surface area contributed by atoms with E-state index >= 15 is 0 Å². The highest BCUT2D eigenvalue weighted by Crippen LogP contribution is 2.23. The summed E-state index contributed by atoms with van der Waals surface area (Å²) in [7, 11) is 0. The molecular weight excluding hydrogens is 256 g/mol. The molecule has 0 bridgehead atoms. The summed E-state index contributed by atoms with van der Waals surface area (Å²) >= 11 is 0. The van der Waals surface area contributed by atoms with Crippen LogP contribution < -0.4 is 4.90 Å². The molecule has 0 unspecified atom stereocenters. The monoisotopic (exact) mass is 281 g/mol. The lowest BCUT2D eigenvalue weighted by Gasteiger charge is -2.20. The van der Waals surface area contributed by atoms with E-state index in [9.17, 15) is 0 Å². The predicted octanol–water partition coefficient (Wildman–Crippen LogP) is 4.68. The van der Waals surface area contributed by atoms with Crippen LogP contribution >= 0.6 is 0 Å². The minimum absolute atomic E-state index is 0.458. The number of anilines is 2. The van der Waals surface area contributed by atoms with Crippen molar-refractivity contribution in [3.8, 4) is 0 Å². The van der Waals surface area contributed by atoms with Gasteiger partial charge in [-0.05, 0) is 52.0 Å². The fourth-order valence-corrected chi connectivity index (χ4v) is 2.46. The van der Waals surface area contributed by atoms with Crippen LogP contribution in [0.3, 0.4) is 0 Å². The molecule has 0 aliphatic rings. The smallest absolute Gasteiger partial charge is 0.244 e. The largest absolute Gasteiger partial charge is 0.263 e. The molecule has 0 fully saturated rings. The van der Waals surface area contributed by atoms with Gasteiger partial charge in [0.1, 0.15) is 11.4 Å². The summed E-state index contributed by atoms with van der Waals surface area (Å²) in [6.45, 7) is 8.91. The van der Waals surface area contributed by atoms with Crippen LogP contribution in [-0.4, -0.2) is 23.0 Å². The lowest BCUT2D eigenvalue weighted by atomic mass is 10.2.